The minimum atomic E-state index is -2.60. The fraction of sp³-hybridized carbons (Fsp3) is 0.250. The first-order valence-corrected chi connectivity index (χ1v) is 5.78. The van der Waals surface area contributed by atoms with Gasteiger partial charge in [0.2, 0.25) is 11.6 Å². The lowest BCUT2D eigenvalue weighted by Gasteiger charge is -2.06. The number of amides is 1. The molecule has 0 atom stereocenters. The van der Waals surface area contributed by atoms with Gasteiger partial charge in [-0.25, -0.2) is 8.78 Å². The highest BCUT2D eigenvalue weighted by Crippen LogP contribution is 2.15. The van der Waals surface area contributed by atoms with Gasteiger partial charge in [-0.2, -0.15) is 4.98 Å². The van der Waals surface area contributed by atoms with E-state index in [2.05, 4.69) is 15.5 Å². The van der Waals surface area contributed by atoms with Crippen LogP contribution in [0.2, 0.25) is 0 Å². The number of hydrogen-bond acceptors (Lipinski definition) is 6. The van der Waals surface area contributed by atoms with Gasteiger partial charge in [0.05, 0.1) is 13.2 Å². The highest BCUT2D eigenvalue weighted by atomic mass is 19.3. The Bertz CT molecular complexity index is 618. The molecule has 1 N–H and O–H groups in total. The number of methoxy groups -OCH3 is 1. The van der Waals surface area contributed by atoms with E-state index in [1.807, 2.05) is 0 Å². The van der Waals surface area contributed by atoms with Gasteiger partial charge in [0, 0.05) is 6.07 Å². The predicted octanol–water partition coefficient (Wildman–Crippen LogP) is 1.97. The number of alkyl halides is 2. The molecule has 0 aliphatic heterocycles. The first-order valence-electron chi connectivity index (χ1n) is 5.78. The lowest BCUT2D eigenvalue weighted by molar-refractivity contribution is 0.0796. The Morgan fingerprint density at radius 1 is 1.43 bits per heavy atom. The molecule has 0 aromatic carbocycles. The van der Waals surface area contributed by atoms with Gasteiger partial charge in [0.1, 0.15) is 5.82 Å². The van der Waals surface area contributed by atoms with Crippen molar-refractivity contribution >= 4 is 11.7 Å². The maximum atomic E-state index is 12.0. The van der Waals surface area contributed by atoms with E-state index in [0.717, 1.165) is 0 Å². The van der Waals surface area contributed by atoms with Crippen LogP contribution in [-0.4, -0.2) is 36.2 Å². The summed E-state index contributed by atoms with van der Waals surface area (Å²) >= 11 is 0. The number of carbonyl (C=O) groups is 1. The van der Waals surface area contributed by atoms with Crippen LogP contribution in [0, 0.1) is 0 Å². The number of nitrogens with one attached hydrogen (secondary N) is 1. The first-order chi connectivity index (χ1) is 10.1. The van der Waals surface area contributed by atoms with E-state index in [4.69, 9.17) is 14.0 Å². The van der Waals surface area contributed by atoms with Gasteiger partial charge in [-0.05, 0) is 11.2 Å². The molecular formula is C12H11F2N3O4. The van der Waals surface area contributed by atoms with E-state index in [0.29, 0.717) is 0 Å². The molecule has 0 spiro atoms. The molecule has 21 heavy (non-hydrogen) atoms. The van der Waals surface area contributed by atoms with Gasteiger partial charge < -0.3 is 19.3 Å². The van der Waals surface area contributed by atoms with Crippen LogP contribution >= 0.6 is 0 Å². The smallest absolute Gasteiger partial charge is 0.295 e. The molecule has 2 rings (SSSR count). The average molecular weight is 299 g/mol. The number of halogens is 2. The Morgan fingerprint density at radius 2 is 2.24 bits per heavy atom. The number of aromatic nitrogens is 2. The largest absolute Gasteiger partial charge is 0.479 e. The zero-order valence-corrected chi connectivity index (χ0v) is 10.9. The minimum Gasteiger partial charge on any atom is -0.479 e. The fourth-order valence-corrected chi connectivity index (χ4v) is 1.35. The van der Waals surface area contributed by atoms with E-state index in [1.54, 1.807) is 0 Å². The van der Waals surface area contributed by atoms with Crippen LogP contribution in [0.15, 0.2) is 28.8 Å². The molecule has 7 nitrogen and oxygen atoms in total. The third-order valence-electron chi connectivity index (χ3n) is 2.24. The highest BCUT2D eigenvalue weighted by molar-refractivity contribution is 6.01. The first kappa shape index (κ1) is 14.7. The lowest BCUT2D eigenvalue weighted by atomic mass is 10.4. The molecule has 2 aromatic heterocycles. The van der Waals surface area contributed by atoms with Gasteiger partial charge in [-0.1, -0.05) is 6.07 Å². The third-order valence-corrected chi connectivity index (χ3v) is 2.24. The van der Waals surface area contributed by atoms with Crippen molar-refractivity contribution < 1.29 is 27.6 Å². The Balaban J connectivity index is 2.01. The van der Waals surface area contributed by atoms with E-state index in [-0.39, 0.29) is 23.3 Å². The number of hydrogen-bond donors (Lipinski definition) is 1. The van der Waals surface area contributed by atoms with E-state index in [1.165, 1.54) is 31.4 Å². The molecule has 0 aliphatic rings. The Morgan fingerprint density at radius 3 is 2.90 bits per heavy atom. The van der Waals surface area contributed by atoms with Gasteiger partial charge in [0.25, 0.3) is 18.2 Å². The zero-order chi connectivity index (χ0) is 15.2. The summed E-state index contributed by atoms with van der Waals surface area (Å²) in [6.45, 7) is -0.774. The maximum absolute atomic E-state index is 12.0. The number of rotatable bonds is 6. The molecule has 0 unspecified atom stereocenters. The molecule has 0 saturated heterocycles. The molecule has 2 heterocycles. The summed E-state index contributed by atoms with van der Waals surface area (Å²) in [5.74, 6) is -0.427. The monoisotopic (exact) mass is 299 g/mol. The molecule has 1 amide bonds. The van der Waals surface area contributed by atoms with Crippen LogP contribution in [-0.2, 0) is 0 Å². The SMILES string of the molecule is COc1cc(C(=O)Nc2cccc(OCC(F)F)n2)on1. The second-order valence-corrected chi connectivity index (χ2v) is 3.75. The molecule has 0 radical (unpaired) electrons. The van der Waals surface area contributed by atoms with E-state index < -0.39 is 18.9 Å². The van der Waals surface area contributed by atoms with E-state index in [9.17, 15) is 13.6 Å². The van der Waals surface area contributed by atoms with Gasteiger partial charge in [-0.3, -0.25) is 4.79 Å². The number of carbonyl (C=O) groups excluding carboxylic acids is 1. The molecule has 0 saturated carbocycles. The molecular weight excluding hydrogens is 288 g/mol. The summed E-state index contributed by atoms with van der Waals surface area (Å²) in [5, 5.41) is 5.89. The lowest BCUT2D eigenvalue weighted by Crippen LogP contribution is -2.13. The van der Waals surface area contributed by atoms with Crippen LogP contribution in [0.4, 0.5) is 14.6 Å². The van der Waals surface area contributed by atoms with Gasteiger partial charge >= 0.3 is 0 Å². The van der Waals surface area contributed by atoms with Crippen molar-refractivity contribution in [2.75, 3.05) is 19.0 Å². The van der Waals surface area contributed by atoms with Crippen LogP contribution in [0.1, 0.15) is 10.6 Å². The number of nitrogens with zero attached hydrogens (tertiary/aromatic N) is 2. The topological polar surface area (TPSA) is 86.5 Å². The average Bonchev–Trinajstić information content (AvgIpc) is 2.94. The predicted molar refractivity (Wildman–Crippen MR) is 66.7 cm³/mol. The van der Waals surface area contributed by atoms with Crippen molar-refractivity contribution in [3.8, 4) is 11.8 Å². The van der Waals surface area contributed by atoms with Crippen molar-refractivity contribution in [3.63, 3.8) is 0 Å². The number of anilines is 1. The Kier molecular flexibility index (Phi) is 4.64. The molecule has 0 aliphatic carbocycles. The van der Waals surface area contributed by atoms with Crippen LogP contribution < -0.4 is 14.8 Å². The number of ether oxygens (including phenoxy) is 2. The van der Waals surface area contributed by atoms with Gasteiger partial charge in [-0.15, -0.1) is 0 Å². The molecule has 0 fully saturated rings. The summed E-state index contributed by atoms with van der Waals surface area (Å²) in [4.78, 5) is 15.7. The summed E-state index contributed by atoms with van der Waals surface area (Å²) in [6.07, 6.45) is -2.60. The second-order valence-electron chi connectivity index (χ2n) is 3.75. The molecule has 0 bridgehead atoms. The standard InChI is InChI=1S/C12H11F2N3O4/c1-19-11-5-7(21-17-11)12(18)16-9-3-2-4-10(15-9)20-6-8(13)14/h2-5,8H,6H2,1H3,(H,15,16,18). The maximum Gasteiger partial charge on any atom is 0.295 e. The summed E-state index contributed by atoms with van der Waals surface area (Å²) < 4.78 is 38.3. The summed E-state index contributed by atoms with van der Waals surface area (Å²) in [6, 6.07) is 5.67. The van der Waals surface area contributed by atoms with Crippen molar-refractivity contribution in [1.82, 2.24) is 10.1 Å². The van der Waals surface area contributed by atoms with Crippen LogP contribution in [0.5, 0.6) is 11.8 Å². The molecule has 2 aromatic rings. The second kappa shape index (κ2) is 6.64. The van der Waals surface area contributed by atoms with Crippen molar-refractivity contribution in [3.05, 3.63) is 30.0 Å². The fourth-order valence-electron chi connectivity index (χ4n) is 1.35. The molecule has 9 heteroatoms. The highest BCUT2D eigenvalue weighted by Gasteiger charge is 2.14. The third kappa shape index (κ3) is 4.13. The summed E-state index contributed by atoms with van der Waals surface area (Å²) in [5.41, 5.74) is 0. The quantitative estimate of drug-likeness (QED) is 0.877. The van der Waals surface area contributed by atoms with Crippen molar-refractivity contribution in [2.45, 2.75) is 6.43 Å². The number of pyridine rings is 1. The minimum absolute atomic E-state index is 0.0248. The Labute approximate surface area is 117 Å². The van der Waals surface area contributed by atoms with Crippen LogP contribution in [0.3, 0.4) is 0 Å². The zero-order valence-electron chi connectivity index (χ0n) is 10.9. The molecule has 112 valence electrons. The van der Waals surface area contributed by atoms with E-state index >= 15 is 0 Å². The normalized spacial score (nSPS) is 10.5. The summed E-state index contributed by atoms with van der Waals surface area (Å²) in [7, 11) is 1.38. The van der Waals surface area contributed by atoms with Crippen LogP contribution in [0.25, 0.3) is 0 Å². The van der Waals surface area contributed by atoms with Crippen molar-refractivity contribution in [2.24, 2.45) is 0 Å². The van der Waals surface area contributed by atoms with Crippen molar-refractivity contribution in [1.29, 1.82) is 0 Å². The Hall–Kier alpha value is -2.71. The van der Waals surface area contributed by atoms with Gasteiger partial charge in [0.15, 0.2) is 6.61 Å².